The second kappa shape index (κ2) is 5.70. The summed E-state index contributed by atoms with van der Waals surface area (Å²) in [6, 6.07) is 8.77. The molecule has 0 spiro atoms. The molecule has 0 aliphatic carbocycles. The van der Waals surface area contributed by atoms with Crippen LogP contribution in [0, 0.1) is 18.3 Å². The number of rotatable bonds is 4. The summed E-state index contributed by atoms with van der Waals surface area (Å²) in [7, 11) is 0. The van der Waals surface area contributed by atoms with Gasteiger partial charge in [0.2, 0.25) is 0 Å². The second-order valence-corrected chi connectivity index (χ2v) is 4.67. The smallest absolute Gasteiger partial charge is 0.101 e. The standard InChI is InChI=1S/C14H19N3/c1-11-4-5-12(10-15)14(9-11)17-8-6-13-3-2-7-16-13/h4-5,9,13,16-17H,2-3,6-8H2,1H3/t13-/m0/s1. The number of nitrogens with zero attached hydrogens (tertiary/aromatic N) is 1. The maximum absolute atomic E-state index is 9.02. The molecule has 0 aromatic heterocycles. The van der Waals surface area contributed by atoms with E-state index in [1.54, 1.807) is 0 Å². The highest BCUT2D eigenvalue weighted by Gasteiger charge is 2.13. The summed E-state index contributed by atoms with van der Waals surface area (Å²) in [5.41, 5.74) is 2.88. The van der Waals surface area contributed by atoms with Gasteiger partial charge in [-0.25, -0.2) is 0 Å². The summed E-state index contributed by atoms with van der Waals surface area (Å²) < 4.78 is 0. The summed E-state index contributed by atoms with van der Waals surface area (Å²) in [5, 5.41) is 15.9. The molecule has 2 rings (SSSR count). The first-order valence-corrected chi connectivity index (χ1v) is 6.27. The summed E-state index contributed by atoms with van der Waals surface area (Å²) in [6.07, 6.45) is 3.69. The molecule has 1 aromatic rings. The maximum Gasteiger partial charge on any atom is 0.101 e. The second-order valence-electron chi connectivity index (χ2n) is 4.67. The molecule has 1 heterocycles. The first kappa shape index (κ1) is 11.9. The number of nitriles is 1. The lowest BCUT2D eigenvalue weighted by Gasteiger charge is -2.12. The van der Waals surface area contributed by atoms with Crippen LogP contribution in [0.15, 0.2) is 18.2 Å². The molecule has 0 radical (unpaired) electrons. The number of nitrogens with one attached hydrogen (secondary N) is 2. The third-order valence-corrected chi connectivity index (χ3v) is 3.27. The van der Waals surface area contributed by atoms with Crippen molar-refractivity contribution in [1.82, 2.24) is 5.32 Å². The van der Waals surface area contributed by atoms with Crippen molar-refractivity contribution in [3.05, 3.63) is 29.3 Å². The molecule has 90 valence electrons. The molecule has 1 fully saturated rings. The van der Waals surface area contributed by atoms with Crippen molar-refractivity contribution in [2.75, 3.05) is 18.4 Å². The van der Waals surface area contributed by atoms with Crippen molar-refractivity contribution >= 4 is 5.69 Å². The van der Waals surface area contributed by atoms with Crippen molar-refractivity contribution in [2.24, 2.45) is 0 Å². The van der Waals surface area contributed by atoms with Gasteiger partial charge in [0.1, 0.15) is 6.07 Å². The van der Waals surface area contributed by atoms with Crippen LogP contribution in [0.1, 0.15) is 30.4 Å². The van der Waals surface area contributed by atoms with Gasteiger partial charge in [-0.05, 0) is 50.4 Å². The van der Waals surface area contributed by atoms with Crippen molar-refractivity contribution in [3.8, 4) is 6.07 Å². The van der Waals surface area contributed by atoms with Crippen LogP contribution < -0.4 is 10.6 Å². The molecule has 2 N–H and O–H groups in total. The highest BCUT2D eigenvalue weighted by Crippen LogP contribution is 2.17. The average Bonchev–Trinajstić information content (AvgIpc) is 2.82. The van der Waals surface area contributed by atoms with Gasteiger partial charge in [-0.1, -0.05) is 6.07 Å². The molecule has 1 atom stereocenters. The first-order chi connectivity index (χ1) is 8.29. The summed E-state index contributed by atoms with van der Waals surface area (Å²) in [4.78, 5) is 0. The molecular formula is C14H19N3. The number of anilines is 1. The molecule has 0 unspecified atom stereocenters. The van der Waals surface area contributed by atoms with Crippen LogP contribution in [-0.4, -0.2) is 19.1 Å². The Morgan fingerprint density at radius 1 is 1.53 bits per heavy atom. The minimum Gasteiger partial charge on any atom is -0.384 e. The van der Waals surface area contributed by atoms with E-state index in [1.165, 1.54) is 18.4 Å². The van der Waals surface area contributed by atoms with E-state index in [0.717, 1.165) is 30.8 Å². The fraction of sp³-hybridized carbons (Fsp3) is 0.500. The van der Waals surface area contributed by atoms with Gasteiger partial charge in [-0.2, -0.15) is 5.26 Å². The lowest BCUT2D eigenvalue weighted by atomic mass is 10.1. The fourth-order valence-corrected chi connectivity index (χ4v) is 2.29. The molecule has 0 amide bonds. The van der Waals surface area contributed by atoms with E-state index < -0.39 is 0 Å². The van der Waals surface area contributed by atoms with Crippen LogP contribution in [0.4, 0.5) is 5.69 Å². The Morgan fingerprint density at radius 2 is 2.41 bits per heavy atom. The number of aryl methyl sites for hydroxylation is 1. The van der Waals surface area contributed by atoms with E-state index in [2.05, 4.69) is 16.7 Å². The highest BCUT2D eigenvalue weighted by molar-refractivity contribution is 5.58. The summed E-state index contributed by atoms with van der Waals surface area (Å²) in [6.45, 7) is 4.12. The van der Waals surface area contributed by atoms with Crippen LogP contribution in [-0.2, 0) is 0 Å². The van der Waals surface area contributed by atoms with Gasteiger partial charge in [0.25, 0.3) is 0 Å². The lowest BCUT2D eigenvalue weighted by Crippen LogP contribution is -2.24. The van der Waals surface area contributed by atoms with Gasteiger partial charge in [0.15, 0.2) is 0 Å². The molecule has 0 saturated carbocycles. The molecule has 1 aromatic carbocycles. The Morgan fingerprint density at radius 3 is 3.12 bits per heavy atom. The number of hydrogen-bond acceptors (Lipinski definition) is 3. The predicted octanol–water partition coefficient (Wildman–Crippen LogP) is 2.42. The zero-order chi connectivity index (χ0) is 12.1. The van der Waals surface area contributed by atoms with Crippen LogP contribution in [0.3, 0.4) is 0 Å². The molecule has 17 heavy (non-hydrogen) atoms. The number of hydrogen-bond donors (Lipinski definition) is 2. The van der Waals surface area contributed by atoms with Gasteiger partial charge >= 0.3 is 0 Å². The Labute approximate surface area is 103 Å². The molecule has 1 aliphatic rings. The van der Waals surface area contributed by atoms with Gasteiger partial charge in [0, 0.05) is 12.6 Å². The number of benzene rings is 1. The van der Waals surface area contributed by atoms with Gasteiger partial charge in [0.05, 0.1) is 11.3 Å². The topological polar surface area (TPSA) is 47.9 Å². The van der Waals surface area contributed by atoms with Gasteiger partial charge in [-0.3, -0.25) is 0 Å². The Hall–Kier alpha value is -1.53. The fourth-order valence-electron chi connectivity index (χ4n) is 2.29. The van der Waals surface area contributed by atoms with Crippen LogP contribution in [0.2, 0.25) is 0 Å². The highest BCUT2D eigenvalue weighted by atomic mass is 15.0. The molecular weight excluding hydrogens is 210 g/mol. The zero-order valence-electron chi connectivity index (χ0n) is 10.3. The van der Waals surface area contributed by atoms with E-state index in [1.807, 2.05) is 25.1 Å². The Kier molecular flexibility index (Phi) is 4.00. The quantitative estimate of drug-likeness (QED) is 0.833. The van der Waals surface area contributed by atoms with E-state index in [-0.39, 0.29) is 0 Å². The molecule has 1 saturated heterocycles. The minimum absolute atomic E-state index is 0.651. The normalized spacial score (nSPS) is 18.9. The van der Waals surface area contributed by atoms with Crippen LogP contribution in [0.5, 0.6) is 0 Å². The summed E-state index contributed by atoms with van der Waals surface area (Å²) in [5.74, 6) is 0. The van der Waals surface area contributed by atoms with Gasteiger partial charge in [-0.15, -0.1) is 0 Å². The van der Waals surface area contributed by atoms with E-state index in [0.29, 0.717) is 6.04 Å². The van der Waals surface area contributed by atoms with Crippen LogP contribution >= 0.6 is 0 Å². The summed E-state index contributed by atoms with van der Waals surface area (Å²) >= 11 is 0. The Balaban J connectivity index is 1.89. The largest absolute Gasteiger partial charge is 0.384 e. The van der Waals surface area contributed by atoms with Crippen LogP contribution in [0.25, 0.3) is 0 Å². The first-order valence-electron chi connectivity index (χ1n) is 6.27. The minimum atomic E-state index is 0.651. The molecule has 3 heteroatoms. The average molecular weight is 229 g/mol. The van der Waals surface area contributed by atoms with E-state index >= 15 is 0 Å². The van der Waals surface area contributed by atoms with Crippen molar-refractivity contribution < 1.29 is 0 Å². The van der Waals surface area contributed by atoms with E-state index in [4.69, 9.17) is 5.26 Å². The zero-order valence-corrected chi connectivity index (χ0v) is 10.3. The molecule has 3 nitrogen and oxygen atoms in total. The maximum atomic E-state index is 9.02. The van der Waals surface area contributed by atoms with E-state index in [9.17, 15) is 0 Å². The molecule has 0 bridgehead atoms. The van der Waals surface area contributed by atoms with Crippen molar-refractivity contribution in [1.29, 1.82) is 5.26 Å². The third-order valence-electron chi connectivity index (χ3n) is 3.27. The third kappa shape index (κ3) is 3.21. The van der Waals surface area contributed by atoms with Crippen molar-refractivity contribution in [3.63, 3.8) is 0 Å². The predicted molar refractivity (Wildman–Crippen MR) is 70.0 cm³/mol. The van der Waals surface area contributed by atoms with Gasteiger partial charge < -0.3 is 10.6 Å². The lowest BCUT2D eigenvalue weighted by molar-refractivity contribution is 0.574. The van der Waals surface area contributed by atoms with Crippen molar-refractivity contribution in [2.45, 2.75) is 32.2 Å². The monoisotopic (exact) mass is 229 g/mol. The molecule has 1 aliphatic heterocycles. The SMILES string of the molecule is Cc1ccc(C#N)c(NCC[C@@H]2CCCN2)c1. The Bertz CT molecular complexity index is 414.